The Morgan fingerprint density at radius 1 is 1.14 bits per heavy atom. The zero-order valence-electron chi connectivity index (χ0n) is 15.9. The van der Waals surface area contributed by atoms with Crippen LogP contribution in [0.2, 0.25) is 0 Å². The van der Waals surface area contributed by atoms with Crippen molar-refractivity contribution in [3.8, 4) is 5.69 Å². The number of amides is 1. The number of nitrogens with zero attached hydrogens (tertiary/aromatic N) is 4. The van der Waals surface area contributed by atoms with Crippen molar-refractivity contribution in [1.29, 1.82) is 0 Å². The van der Waals surface area contributed by atoms with E-state index in [0.717, 1.165) is 21.3 Å². The summed E-state index contributed by atoms with van der Waals surface area (Å²) in [6.45, 7) is 3.90. The summed E-state index contributed by atoms with van der Waals surface area (Å²) < 4.78 is 3.86. The third-order valence-corrected chi connectivity index (χ3v) is 5.33. The average Bonchev–Trinajstić information content (AvgIpc) is 3.13. The summed E-state index contributed by atoms with van der Waals surface area (Å²) in [5, 5.41) is 7.50. The van der Waals surface area contributed by atoms with Crippen molar-refractivity contribution in [3.05, 3.63) is 80.9 Å². The maximum absolute atomic E-state index is 12.8. The molecule has 0 radical (unpaired) electrons. The molecule has 1 N–H and O–H groups in total. The molecule has 2 heterocycles. The first-order valence-corrected chi connectivity index (χ1v) is 9.78. The molecule has 0 aliphatic carbocycles. The molecule has 8 heteroatoms. The van der Waals surface area contributed by atoms with Crippen molar-refractivity contribution < 1.29 is 4.79 Å². The third-order valence-electron chi connectivity index (χ3n) is 4.80. The Labute approximate surface area is 175 Å². The van der Waals surface area contributed by atoms with Gasteiger partial charge in [0.1, 0.15) is 18.3 Å². The largest absolute Gasteiger partial charge is 0.325 e. The highest BCUT2D eigenvalue weighted by Crippen LogP contribution is 2.20. The van der Waals surface area contributed by atoms with E-state index in [1.807, 2.05) is 44.2 Å². The van der Waals surface area contributed by atoms with Crippen LogP contribution in [0.15, 0.2) is 64.3 Å². The van der Waals surface area contributed by atoms with Gasteiger partial charge in [-0.3, -0.25) is 14.2 Å². The predicted octanol–water partition coefficient (Wildman–Crippen LogP) is 3.60. The van der Waals surface area contributed by atoms with Gasteiger partial charge in [0.05, 0.1) is 11.9 Å². The molecule has 0 bridgehead atoms. The van der Waals surface area contributed by atoms with Crippen LogP contribution in [0.4, 0.5) is 5.69 Å². The van der Waals surface area contributed by atoms with Crippen molar-refractivity contribution in [2.75, 3.05) is 5.32 Å². The maximum atomic E-state index is 12.8. The number of rotatable bonds is 4. The fraction of sp³-hybridized carbons (Fsp3) is 0.143. The predicted molar refractivity (Wildman–Crippen MR) is 115 cm³/mol. The molecule has 0 saturated heterocycles. The monoisotopic (exact) mass is 451 g/mol. The number of carbonyl (C=O) groups excluding carboxylic acids is 1. The van der Waals surface area contributed by atoms with Crippen LogP contribution < -0.4 is 10.9 Å². The van der Waals surface area contributed by atoms with Gasteiger partial charge >= 0.3 is 0 Å². The molecular weight excluding hydrogens is 434 g/mol. The quantitative estimate of drug-likeness (QED) is 0.513. The van der Waals surface area contributed by atoms with Gasteiger partial charge in [-0.25, -0.2) is 9.67 Å². The van der Waals surface area contributed by atoms with Crippen molar-refractivity contribution >= 4 is 38.6 Å². The molecule has 1 amide bonds. The molecule has 2 aromatic carbocycles. The third kappa shape index (κ3) is 3.71. The van der Waals surface area contributed by atoms with Crippen LogP contribution in [0, 0.1) is 13.8 Å². The van der Waals surface area contributed by atoms with Crippen LogP contribution in [0.3, 0.4) is 0 Å². The number of hydrogen-bond donors (Lipinski definition) is 1. The molecule has 2 aromatic heterocycles. The second-order valence-corrected chi connectivity index (χ2v) is 7.66. The van der Waals surface area contributed by atoms with E-state index < -0.39 is 0 Å². The summed E-state index contributed by atoms with van der Waals surface area (Å²) in [6.07, 6.45) is 2.88. The van der Waals surface area contributed by atoms with E-state index in [4.69, 9.17) is 0 Å². The van der Waals surface area contributed by atoms with Crippen LogP contribution >= 0.6 is 15.9 Å². The molecule has 0 aliphatic heterocycles. The first-order chi connectivity index (χ1) is 13.9. The molecule has 0 unspecified atom stereocenters. The number of hydrogen-bond acceptors (Lipinski definition) is 4. The number of benzene rings is 2. The first kappa shape index (κ1) is 19.1. The second kappa shape index (κ2) is 7.63. The summed E-state index contributed by atoms with van der Waals surface area (Å²) >= 11 is 3.35. The van der Waals surface area contributed by atoms with Gasteiger partial charge in [-0.05, 0) is 55.3 Å². The van der Waals surface area contributed by atoms with Crippen molar-refractivity contribution in [1.82, 2.24) is 19.3 Å². The topological polar surface area (TPSA) is 81.8 Å². The molecule has 0 spiro atoms. The Hall–Kier alpha value is -3.26. The van der Waals surface area contributed by atoms with E-state index in [1.54, 1.807) is 16.8 Å². The van der Waals surface area contributed by atoms with E-state index in [1.165, 1.54) is 17.1 Å². The Kier molecular flexibility index (Phi) is 5.02. The second-order valence-electron chi connectivity index (χ2n) is 6.75. The summed E-state index contributed by atoms with van der Waals surface area (Å²) in [7, 11) is 0. The summed E-state index contributed by atoms with van der Waals surface area (Å²) in [4.78, 5) is 29.6. The Bertz CT molecular complexity index is 1270. The lowest BCUT2D eigenvalue weighted by Crippen LogP contribution is -2.27. The maximum Gasteiger partial charge on any atom is 0.264 e. The van der Waals surface area contributed by atoms with Gasteiger partial charge in [-0.2, -0.15) is 5.10 Å². The molecule has 0 atom stereocenters. The average molecular weight is 452 g/mol. The van der Waals surface area contributed by atoms with Gasteiger partial charge < -0.3 is 5.32 Å². The van der Waals surface area contributed by atoms with Crippen molar-refractivity contribution in [2.24, 2.45) is 0 Å². The smallest absolute Gasteiger partial charge is 0.264 e. The standard InChI is InChI=1S/C21H18BrN5O2/c1-13-4-3-5-18(14(13)2)27-20-17(10-24-27)21(29)26(12-23-20)11-19(28)25-16-8-6-15(22)7-9-16/h3-10,12H,11H2,1-2H3,(H,25,28). The van der Waals surface area contributed by atoms with Crippen LogP contribution in [0.1, 0.15) is 11.1 Å². The van der Waals surface area contributed by atoms with E-state index in [9.17, 15) is 9.59 Å². The minimum absolute atomic E-state index is 0.132. The Balaban J connectivity index is 1.63. The lowest BCUT2D eigenvalue weighted by atomic mass is 10.1. The molecule has 7 nitrogen and oxygen atoms in total. The van der Waals surface area contributed by atoms with Gasteiger partial charge in [0.15, 0.2) is 5.65 Å². The fourth-order valence-corrected chi connectivity index (χ4v) is 3.36. The Morgan fingerprint density at radius 3 is 2.66 bits per heavy atom. The van der Waals surface area contributed by atoms with Gasteiger partial charge in [-0.1, -0.05) is 28.1 Å². The van der Waals surface area contributed by atoms with Gasteiger partial charge in [0.2, 0.25) is 5.91 Å². The van der Waals surface area contributed by atoms with Crippen LogP contribution in [0.25, 0.3) is 16.7 Å². The van der Waals surface area contributed by atoms with E-state index >= 15 is 0 Å². The SMILES string of the molecule is Cc1cccc(-n2ncc3c(=O)n(CC(=O)Nc4ccc(Br)cc4)cnc32)c1C. The summed E-state index contributed by atoms with van der Waals surface area (Å²) in [6, 6.07) is 13.1. The number of carbonyl (C=O) groups is 1. The lowest BCUT2D eigenvalue weighted by molar-refractivity contribution is -0.116. The number of aryl methyl sites for hydroxylation is 1. The molecule has 29 heavy (non-hydrogen) atoms. The van der Waals surface area contributed by atoms with E-state index in [-0.39, 0.29) is 18.0 Å². The molecule has 0 aliphatic rings. The highest BCUT2D eigenvalue weighted by atomic mass is 79.9. The van der Waals surface area contributed by atoms with Crippen LogP contribution in [-0.2, 0) is 11.3 Å². The van der Waals surface area contributed by atoms with Crippen molar-refractivity contribution in [3.63, 3.8) is 0 Å². The lowest BCUT2D eigenvalue weighted by Gasteiger charge is -2.10. The van der Waals surface area contributed by atoms with Crippen molar-refractivity contribution in [2.45, 2.75) is 20.4 Å². The zero-order chi connectivity index (χ0) is 20.5. The Morgan fingerprint density at radius 2 is 1.90 bits per heavy atom. The van der Waals surface area contributed by atoms with Crippen LogP contribution in [0.5, 0.6) is 0 Å². The van der Waals surface area contributed by atoms with Gasteiger partial charge in [-0.15, -0.1) is 0 Å². The highest BCUT2D eigenvalue weighted by molar-refractivity contribution is 9.10. The zero-order valence-corrected chi connectivity index (χ0v) is 17.5. The molecular formula is C21H18BrN5O2. The first-order valence-electron chi connectivity index (χ1n) is 8.99. The fourth-order valence-electron chi connectivity index (χ4n) is 3.09. The van der Waals surface area contributed by atoms with Crippen LogP contribution in [-0.4, -0.2) is 25.2 Å². The summed E-state index contributed by atoms with van der Waals surface area (Å²) in [5.74, 6) is -0.308. The number of nitrogens with one attached hydrogen (secondary N) is 1. The molecule has 146 valence electrons. The molecule has 0 saturated carbocycles. The minimum atomic E-state index is -0.308. The number of halogens is 1. The number of aromatic nitrogens is 4. The van der Waals surface area contributed by atoms with E-state index in [0.29, 0.717) is 16.7 Å². The molecule has 4 rings (SSSR count). The van der Waals surface area contributed by atoms with E-state index in [2.05, 4.69) is 31.3 Å². The summed E-state index contributed by atoms with van der Waals surface area (Å²) in [5.41, 5.74) is 3.88. The highest BCUT2D eigenvalue weighted by Gasteiger charge is 2.14. The molecule has 4 aromatic rings. The molecule has 0 fully saturated rings. The van der Waals surface area contributed by atoms with Gasteiger partial charge in [0, 0.05) is 10.2 Å². The minimum Gasteiger partial charge on any atom is -0.325 e. The normalized spacial score (nSPS) is 11.0. The number of anilines is 1. The number of fused-ring (bicyclic) bond motifs is 1. The van der Waals surface area contributed by atoms with Gasteiger partial charge in [0.25, 0.3) is 5.56 Å².